The Kier molecular flexibility index (Phi) is 8.38. The molecule has 8 nitrogen and oxygen atoms in total. The molecular weight excluding hydrogens is 474 g/mol. The molecule has 2 atom stereocenters. The lowest BCUT2D eigenvalue weighted by molar-refractivity contribution is -0.134. The third kappa shape index (κ3) is 6.11. The Labute approximate surface area is 213 Å². The van der Waals surface area contributed by atoms with Gasteiger partial charge in [0, 0.05) is 13.1 Å². The first-order chi connectivity index (χ1) is 17.3. The molecule has 0 saturated heterocycles. The lowest BCUT2D eigenvalue weighted by Gasteiger charge is -2.34. The average molecular weight is 510 g/mol. The smallest absolute Gasteiger partial charge is 0.241 e. The molecule has 1 aliphatic rings. The number of carbonyl (C=O) groups excluding carboxylic acids is 1. The normalized spacial score (nSPS) is 16.5. The van der Waals surface area contributed by atoms with Crippen molar-refractivity contribution in [3.05, 3.63) is 77.9 Å². The number of nitrogens with two attached hydrogens (primary N) is 2. The molecule has 0 radical (unpaired) electrons. The van der Waals surface area contributed by atoms with Gasteiger partial charge >= 0.3 is 0 Å². The van der Waals surface area contributed by atoms with Crippen LogP contribution in [-0.4, -0.2) is 38.4 Å². The molecule has 4 rings (SSSR count). The molecule has 1 unspecified atom stereocenters. The highest BCUT2D eigenvalue weighted by atomic mass is 32.2. The van der Waals surface area contributed by atoms with Crippen LogP contribution in [0.5, 0.6) is 0 Å². The van der Waals surface area contributed by atoms with Crippen LogP contribution in [0.3, 0.4) is 0 Å². The molecule has 0 bridgehead atoms. The number of hydrogen-bond acceptors (Lipinski definition) is 6. The second-order valence-electron chi connectivity index (χ2n) is 9.51. The standard InChI is InChI=1S/C27H35N5O3S/c1-32(23-9-3-2-4-10-23)27(33)25(17-19-11-13-21(14-12-19)26(28)30-29)31-36(34,35)24-16-15-20-7-5-6-8-22(20)18-24/h5-8,11-16,18,23,25-26,30-31H,2-4,9-10,17,28-29H2,1H3/t25-,26?/m0/s1. The molecule has 3 aromatic carbocycles. The Morgan fingerprint density at radius 1 is 1.00 bits per heavy atom. The maximum Gasteiger partial charge on any atom is 0.241 e. The van der Waals surface area contributed by atoms with E-state index in [2.05, 4.69) is 10.1 Å². The lowest BCUT2D eigenvalue weighted by Crippen LogP contribution is -2.51. The van der Waals surface area contributed by atoms with E-state index in [0.717, 1.165) is 47.6 Å². The topological polar surface area (TPSA) is 131 Å². The quantitative estimate of drug-likeness (QED) is 0.199. The van der Waals surface area contributed by atoms with E-state index < -0.39 is 22.2 Å². The first-order valence-corrected chi connectivity index (χ1v) is 13.8. The van der Waals surface area contributed by atoms with Gasteiger partial charge in [0.25, 0.3) is 0 Å². The Bertz CT molecular complexity index is 1290. The fourth-order valence-electron chi connectivity index (χ4n) is 4.86. The first-order valence-electron chi connectivity index (χ1n) is 12.4. The predicted octanol–water partition coefficient (Wildman–Crippen LogP) is 2.94. The zero-order chi connectivity index (χ0) is 25.7. The van der Waals surface area contributed by atoms with Crippen LogP contribution in [0.2, 0.25) is 0 Å². The van der Waals surface area contributed by atoms with Gasteiger partial charge in [-0.15, -0.1) is 0 Å². The van der Waals surface area contributed by atoms with Gasteiger partial charge in [0.2, 0.25) is 15.9 Å². The molecule has 0 heterocycles. The third-order valence-electron chi connectivity index (χ3n) is 7.06. The Morgan fingerprint density at radius 2 is 1.67 bits per heavy atom. The van der Waals surface area contributed by atoms with Crippen LogP contribution < -0.4 is 21.7 Å². The van der Waals surface area contributed by atoms with E-state index in [1.54, 1.807) is 30.1 Å². The summed E-state index contributed by atoms with van der Waals surface area (Å²) in [6.07, 6.45) is 4.90. The van der Waals surface area contributed by atoms with Crippen molar-refractivity contribution < 1.29 is 13.2 Å². The van der Waals surface area contributed by atoms with E-state index >= 15 is 0 Å². The van der Waals surface area contributed by atoms with Crippen molar-refractivity contribution in [2.45, 2.75) is 61.7 Å². The minimum Gasteiger partial charge on any atom is -0.341 e. The number of likely N-dealkylation sites (N-methyl/N-ethyl adjacent to an activating group) is 1. The summed E-state index contributed by atoms with van der Waals surface area (Å²) >= 11 is 0. The number of amides is 1. The molecule has 1 saturated carbocycles. The molecule has 36 heavy (non-hydrogen) atoms. The van der Waals surface area contributed by atoms with Crippen LogP contribution in [0.15, 0.2) is 71.6 Å². The van der Waals surface area contributed by atoms with Gasteiger partial charge in [-0.2, -0.15) is 4.72 Å². The number of nitrogens with one attached hydrogen (secondary N) is 2. The van der Waals surface area contributed by atoms with Crippen LogP contribution in [0.1, 0.15) is 49.4 Å². The molecule has 0 aliphatic heterocycles. The van der Waals surface area contributed by atoms with E-state index in [0.29, 0.717) is 0 Å². The maximum atomic E-state index is 13.6. The monoisotopic (exact) mass is 509 g/mol. The second kappa shape index (κ2) is 11.5. The van der Waals surface area contributed by atoms with Crippen molar-refractivity contribution in [3.63, 3.8) is 0 Å². The summed E-state index contributed by atoms with van der Waals surface area (Å²) in [6.45, 7) is 0. The molecule has 1 fully saturated rings. The molecule has 1 aliphatic carbocycles. The fourth-order valence-corrected chi connectivity index (χ4v) is 6.08. The van der Waals surface area contributed by atoms with E-state index in [-0.39, 0.29) is 23.3 Å². The van der Waals surface area contributed by atoms with Crippen LogP contribution in [-0.2, 0) is 21.2 Å². The van der Waals surface area contributed by atoms with E-state index in [1.165, 1.54) is 6.42 Å². The van der Waals surface area contributed by atoms with Crippen LogP contribution in [0, 0.1) is 0 Å². The number of hydrazine groups is 1. The molecule has 1 amide bonds. The van der Waals surface area contributed by atoms with Crippen molar-refractivity contribution in [2.24, 2.45) is 11.6 Å². The highest BCUT2D eigenvalue weighted by molar-refractivity contribution is 7.89. The van der Waals surface area contributed by atoms with Gasteiger partial charge in [0.1, 0.15) is 6.04 Å². The molecule has 0 aromatic heterocycles. The molecular formula is C27H35N5O3S. The number of hydrogen-bond donors (Lipinski definition) is 4. The first kappa shape index (κ1) is 26.2. The molecule has 3 aromatic rings. The fraction of sp³-hybridized carbons (Fsp3) is 0.370. The van der Waals surface area contributed by atoms with Gasteiger partial charge in [0.15, 0.2) is 0 Å². The number of nitrogens with zero attached hydrogens (tertiary/aromatic N) is 1. The summed E-state index contributed by atoms with van der Waals surface area (Å²) in [5, 5.41) is 1.77. The van der Waals surface area contributed by atoms with Crippen molar-refractivity contribution >= 4 is 26.7 Å². The Balaban J connectivity index is 1.61. The number of rotatable bonds is 9. The molecule has 192 valence electrons. The van der Waals surface area contributed by atoms with Gasteiger partial charge < -0.3 is 10.6 Å². The van der Waals surface area contributed by atoms with Crippen LogP contribution in [0.25, 0.3) is 10.8 Å². The molecule has 0 spiro atoms. The van der Waals surface area contributed by atoms with Crippen molar-refractivity contribution in [2.75, 3.05) is 7.05 Å². The highest BCUT2D eigenvalue weighted by Crippen LogP contribution is 2.24. The summed E-state index contributed by atoms with van der Waals surface area (Å²) in [5.74, 6) is 5.20. The minimum absolute atomic E-state index is 0.120. The van der Waals surface area contributed by atoms with Gasteiger partial charge in [-0.25, -0.2) is 13.8 Å². The zero-order valence-corrected chi connectivity index (χ0v) is 21.4. The second-order valence-corrected chi connectivity index (χ2v) is 11.2. The number of carbonyl (C=O) groups is 1. The molecule has 6 N–H and O–H groups in total. The zero-order valence-electron chi connectivity index (χ0n) is 20.6. The van der Waals surface area contributed by atoms with E-state index in [1.807, 2.05) is 48.5 Å². The van der Waals surface area contributed by atoms with Crippen LogP contribution >= 0.6 is 0 Å². The number of fused-ring (bicyclic) bond motifs is 1. The van der Waals surface area contributed by atoms with Crippen molar-refractivity contribution in [3.8, 4) is 0 Å². The minimum atomic E-state index is -3.95. The Hall–Kier alpha value is -2.82. The van der Waals surface area contributed by atoms with Crippen molar-refractivity contribution in [1.82, 2.24) is 15.0 Å². The summed E-state index contributed by atoms with van der Waals surface area (Å²) in [5.41, 5.74) is 10.0. The highest BCUT2D eigenvalue weighted by Gasteiger charge is 2.31. The van der Waals surface area contributed by atoms with Crippen molar-refractivity contribution in [1.29, 1.82) is 0 Å². The molecule has 9 heteroatoms. The van der Waals surface area contributed by atoms with Crippen LogP contribution in [0.4, 0.5) is 0 Å². The average Bonchev–Trinajstić information content (AvgIpc) is 2.92. The third-order valence-corrected chi connectivity index (χ3v) is 8.52. The van der Waals surface area contributed by atoms with E-state index in [9.17, 15) is 13.2 Å². The maximum absolute atomic E-state index is 13.6. The van der Waals surface area contributed by atoms with Gasteiger partial charge in [-0.1, -0.05) is 73.9 Å². The van der Waals surface area contributed by atoms with Gasteiger partial charge in [-0.05, 0) is 53.3 Å². The van der Waals surface area contributed by atoms with E-state index in [4.69, 9.17) is 11.6 Å². The van der Waals surface area contributed by atoms with Gasteiger partial charge in [0.05, 0.1) is 11.1 Å². The van der Waals surface area contributed by atoms with Gasteiger partial charge in [-0.3, -0.25) is 10.6 Å². The predicted molar refractivity (Wildman–Crippen MR) is 142 cm³/mol. The lowest BCUT2D eigenvalue weighted by atomic mass is 9.93. The summed E-state index contributed by atoms with van der Waals surface area (Å²) in [6, 6.07) is 19.1. The number of benzene rings is 3. The number of sulfonamides is 1. The summed E-state index contributed by atoms with van der Waals surface area (Å²) < 4.78 is 29.6. The largest absolute Gasteiger partial charge is 0.341 e. The SMILES string of the molecule is CN(C(=O)[C@H](Cc1ccc(C(N)NN)cc1)NS(=O)(=O)c1ccc2ccccc2c1)C1CCCCC1. The summed E-state index contributed by atoms with van der Waals surface area (Å²) in [4.78, 5) is 15.5. The summed E-state index contributed by atoms with van der Waals surface area (Å²) in [7, 11) is -2.17. The Morgan fingerprint density at radius 3 is 2.33 bits per heavy atom.